The third-order valence-corrected chi connectivity index (χ3v) is 3.60. The maximum Gasteiger partial charge on any atom is 0.123 e. The van der Waals surface area contributed by atoms with E-state index in [1.807, 2.05) is 0 Å². The van der Waals surface area contributed by atoms with E-state index in [2.05, 4.69) is 37.5 Å². The molecule has 2 aromatic carbocycles. The molecule has 0 spiro atoms. The van der Waals surface area contributed by atoms with Crippen molar-refractivity contribution < 1.29 is 4.39 Å². The minimum absolute atomic E-state index is 0.223. The van der Waals surface area contributed by atoms with Crippen LogP contribution in [0.15, 0.2) is 36.4 Å². The van der Waals surface area contributed by atoms with Crippen LogP contribution in [0.2, 0.25) is 5.02 Å². The van der Waals surface area contributed by atoms with Gasteiger partial charge in [0.1, 0.15) is 5.82 Å². The molecule has 0 saturated carbocycles. The van der Waals surface area contributed by atoms with Gasteiger partial charge >= 0.3 is 0 Å². The number of halogens is 2. The summed E-state index contributed by atoms with van der Waals surface area (Å²) in [6.45, 7) is 4.10. The van der Waals surface area contributed by atoms with Crippen LogP contribution in [0.25, 0.3) is 0 Å². The molecule has 0 aliphatic carbocycles. The Morgan fingerprint density at radius 1 is 1.15 bits per heavy atom. The van der Waals surface area contributed by atoms with Crippen LogP contribution in [0.1, 0.15) is 28.3 Å². The summed E-state index contributed by atoms with van der Waals surface area (Å²) < 4.78 is 13.4. The Morgan fingerprint density at radius 3 is 2.40 bits per heavy atom. The van der Waals surface area contributed by atoms with Crippen molar-refractivity contribution in [3.05, 3.63) is 69.5 Å². The second-order valence-electron chi connectivity index (χ2n) is 5.09. The van der Waals surface area contributed by atoms with Crippen molar-refractivity contribution in [3.63, 3.8) is 0 Å². The molecule has 0 fully saturated rings. The van der Waals surface area contributed by atoms with E-state index in [1.54, 1.807) is 6.07 Å². The molecule has 106 valence electrons. The van der Waals surface area contributed by atoms with Crippen molar-refractivity contribution in [2.45, 2.75) is 26.3 Å². The molecule has 1 unspecified atom stereocenters. The van der Waals surface area contributed by atoms with Crippen LogP contribution in [0, 0.1) is 19.7 Å². The molecule has 0 amide bonds. The SMILES string of the molecule is Cc1cc(C)cc(CC(NN)c2cc(F)ccc2Cl)c1. The molecule has 0 radical (unpaired) electrons. The predicted molar refractivity (Wildman–Crippen MR) is 81.1 cm³/mol. The Kier molecular flexibility index (Phi) is 4.76. The van der Waals surface area contributed by atoms with Crippen LogP contribution in [0.3, 0.4) is 0 Å². The smallest absolute Gasteiger partial charge is 0.123 e. The zero-order chi connectivity index (χ0) is 14.7. The minimum Gasteiger partial charge on any atom is -0.271 e. The van der Waals surface area contributed by atoms with Crippen molar-refractivity contribution in [3.8, 4) is 0 Å². The van der Waals surface area contributed by atoms with Crippen molar-refractivity contribution in [2.24, 2.45) is 5.84 Å². The lowest BCUT2D eigenvalue weighted by atomic mass is 9.97. The zero-order valence-corrected chi connectivity index (χ0v) is 12.3. The highest BCUT2D eigenvalue weighted by Crippen LogP contribution is 2.26. The normalized spacial score (nSPS) is 12.4. The van der Waals surface area contributed by atoms with E-state index >= 15 is 0 Å². The largest absolute Gasteiger partial charge is 0.271 e. The van der Waals surface area contributed by atoms with Crippen LogP contribution in [-0.2, 0) is 6.42 Å². The lowest BCUT2D eigenvalue weighted by Gasteiger charge is -2.18. The molecule has 0 aliphatic heterocycles. The monoisotopic (exact) mass is 292 g/mol. The van der Waals surface area contributed by atoms with Gasteiger partial charge in [0.05, 0.1) is 6.04 Å². The average Bonchev–Trinajstić information content (AvgIpc) is 2.38. The highest BCUT2D eigenvalue weighted by molar-refractivity contribution is 6.31. The Morgan fingerprint density at radius 2 is 1.80 bits per heavy atom. The van der Waals surface area contributed by atoms with Crippen molar-refractivity contribution in [1.29, 1.82) is 0 Å². The number of hydrazine groups is 1. The average molecular weight is 293 g/mol. The molecule has 2 aromatic rings. The van der Waals surface area contributed by atoms with Gasteiger partial charge in [0.2, 0.25) is 0 Å². The second kappa shape index (κ2) is 6.35. The lowest BCUT2D eigenvalue weighted by Crippen LogP contribution is -2.30. The van der Waals surface area contributed by atoms with Crippen LogP contribution < -0.4 is 11.3 Å². The second-order valence-corrected chi connectivity index (χ2v) is 5.49. The van der Waals surface area contributed by atoms with Crippen LogP contribution in [-0.4, -0.2) is 0 Å². The first-order chi connectivity index (χ1) is 9.49. The van der Waals surface area contributed by atoms with Gasteiger partial charge in [-0.25, -0.2) is 4.39 Å². The lowest BCUT2D eigenvalue weighted by molar-refractivity contribution is 0.544. The summed E-state index contributed by atoms with van der Waals surface area (Å²) in [4.78, 5) is 0. The van der Waals surface area contributed by atoms with E-state index in [9.17, 15) is 4.39 Å². The van der Waals surface area contributed by atoms with Gasteiger partial charge in [-0.15, -0.1) is 0 Å². The zero-order valence-electron chi connectivity index (χ0n) is 11.6. The highest BCUT2D eigenvalue weighted by atomic mass is 35.5. The van der Waals surface area contributed by atoms with Crippen LogP contribution >= 0.6 is 11.6 Å². The molecule has 1 atom stereocenters. The standard InChI is InChI=1S/C16H18ClFN2/c1-10-5-11(2)7-12(6-10)8-16(20-19)14-9-13(18)3-4-15(14)17/h3-7,9,16,20H,8,19H2,1-2H3. The van der Waals surface area contributed by atoms with Gasteiger partial charge in [0.25, 0.3) is 0 Å². The van der Waals surface area contributed by atoms with Crippen LogP contribution in [0.4, 0.5) is 4.39 Å². The number of nitrogens with one attached hydrogen (secondary N) is 1. The van der Waals surface area contributed by atoms with E-state index in [0.29, 0.717) is 17.0 Å². The quantitative estimate of drug-likeness (QED) is 0.664. The Hall–Kier alpha value is -1.42. The molecule has 2 rings (SSSR count). The summed E-state index contributed by atoms with van der Waals surface area (Å²) >= 11 is 6.14. The fraction of sp³-hybridized carbons (Fsp3) is 0.250. The fourth-order valence-electron chi connectivity index (χ4n) is 2.46. The number of aryl methyl sites for hydroxylation is 2. The van der Waals surface area contributed by atoms with Gasteiger partial charge in [-0.05, 0) is 49.6 Å². The Balaban J connectivity index is 2.31. The molecule has 0 saturated heterocycles. The highest BCUT2D eigenvalue weighted by Gasteiger charge is 2.15. The fourth-order valence-corrected chi connectivity index (χ4v) is 2.71. The molecule has 2 nitrogen and oxygen atoms in total. The van der Waals surface area contributed by atoms with E-state index < -0.39 is 0 Å². The molecule has 0 bridgehead atoms. The Labute approximate surface area is 123 Å². The first kappa shape index (κ1) is 15.0. The molecule has 3 N–H and O–H groups in total. The molecule has 0 heterocycles. The van der Waals surface area contributed by atoms with Gasteiger partial charge in [0.15, 0.2) is 0 Å². The van der Waals surface area contributed by atoms with E-state index in [0.717, 1.165) is 5.56 Å². The van der Waals surface area contributed by atoms with Crippen molar-refractivity contribution in [2.75, 3.05) is 0 Å². The van der Waals surface area contributed by atoms with E-state index in [-0.39, 0.29) is 11.9 Å². The van der Waals surface area contributed by atoms with Crippen molar-refractivity contribution in [1.82, 2.24) is 5.43 Å². The summed E-state index contributed by atoms with van der Waals surface area (Å²) in [6.07, 6.45) is 0.655. The summed E-state index contributed by atoms with van der Waals surface area (Å²) in [5.74, 6) is 5.30. The summed E-state index contributed by atoms with van der Waals surface area (Å²) in [6, 6.07) is 10.4. The summed E-state index contributed by atoms with van der Waals surface area (Å²) in [5.41, 5.74) is 6.93. The minimum atomic E-state index is -0.315. The summed E-state index contributed by atoms with van der Waals surface area (Å²) in [5, 5.41) is 0.513. The first-order valence-corrected chi connectivity index (χ1v) is 6.85. The van der Waals surface area contributed by atoms with Crippen LogP contribution in [0.5, 0.6) is 0 Å². The molecule has 4 heteroatoms. The topological polar surface area (TPSA) is 38.0 Å². The maximum atomic E-state index is 13.4. The van der Waals surface area contributed by atoms with Gasteiger partial charge < -0.3 is 0 Å². The number of hydrogen-bond acceptors (Lipinski definition) is 2. The van der Waals surface area contributed by atoms with Crippen molar-refractivity contribution >= 4 is 11.6 Å². The first-order valence-electron chi connectivity index (χ1n) is 6.48. The van der Waals surface area contributed by atoms with Gasteiger partial charge in [0, 0.05) is 5.02 Å². The third kappa shape index (κ3) is 3.57. The number of nitrogens with two attached hydrogens (primary N) is 1. The number of rotatable bonds is 4. The third-order valence-electron chi connectivity index (χ3n) is 3.26. The molecular weight excluding hydrogens is 275 g/mol. The molecule has 0 aromatic heterocycles. The number of hydrogen-bond donors (Lipinski definition) is 2. The summed E-state index contributed by atoms with van der Waals surface area (Å²) in [7, 11) is 0. The molecular formula is C16H18ClFN2. The predicted octanol–water partition coefficient (Wildman–Crippen LogP) is 3.84. The van der Waals surface area contributed by atoms with Gasteiger partial charge in [-0.2, -0.15) is 0 Å². The van der Waals surface area contributed by atoms with Gasteiger partial charge in [-0.3, -0.25) is 11.3 Å². The van der Waals surface area contributed by atoms with Gasteiger partial charge in [-0.1, -0.05) is 40.9 Å². The van der Waals surface area contributed by atoms with E-state index in [4.69, 9.17) is 17.4 Å². The molecule has 0 aliphatic rings. The van der Waals surface area contributed by atoms with E-state index in [1.165, 1.54) is 23.3 Å². The number of benzene rings is 2. The maximum absolute atomic E-state index is 13.4. The Bertz CT molecular complexity index is 593. The molecule has 20 heavy (non-hydrogen) atoms.